The molecule has 0 saturated heterocycles. The molecule has 1 aliphatic rings. The smallest absolute Gasteiger partial charge is 0.241 e. The second-order valence-electron chi connectivity index (χ2n) is 6.11. The van der Waals surface area contributed by atoms with Crippen LogP contribution in [0.3, 0.4) is 0 Å². The molecule has 130 valence electrons. The van der Waals surface area contributed by atoms with E-state index in [9.17, 15) is 13.5 Å². The van der Waals surface area contributed by atoms with Crippen LogP contribution in [0, 0.1) is 5.92 Å². The highest BCUT2D eigenvalue weighted by Crippen LogP contribution is 2.38. The summed E-state index contributed by atoms with van der Waals surface area (Å²) in [5, 5.41) is 13.7. The molecule has 3 rings (SSSR count). The zero-order valence-electron chi connectivity index (χ0n) is 13.6. The van der Waals surface area contributed by atoms with E-state index in [1.54, 1.807) is 54.0 Å². The van der Waals surface area contributed by atoms with Gasteiger partial charge in [-0.15, -0.1) is 11.8 Å². The van der Waals surface area contributed by atoms with Crippen molar-refractivity contribution in [1.82, 2.24) is 14.5 Å². The molecule has 1 fully saturated rings. The van der Waals surface area contributed by atoms with Crippen molar-refractivity contribution in [3.05, 3.63) is 42.2 Å². The third-order valence-corrected chi connectivity index (χ3v) is 6.56. The summed E-state index contributed by atoms with van der Waals surface area (Å²) in [7, 11) is -1.84. The van der Waals surface area contributed by atoms with Crippen LogP contribution in [-0.2, 0) is 17.1 Å². The summed E-state index contributed by atoms with van der Waals surface area (Å²) in [4.78, 5) is 1.26. The van der Waals surface area contributed by atoms with Gasteiger partial charge in [0.05, 0.1) is 23.2 Å². The molecule has 8 heteroatoms. The normalized spacial score (nSPS) is 22.1. The Morgan fingerprint density at radius 1 is 1.33 bits per heavy atom. The predicted octanol–water partition coefficient (Wildman–Crippen LogP) is 1.93. The Bertz CT molecular complexity index is 796. The Kier molecular flexibility index (Phi) is 5.00. The fourth-order valence-corrected chi connectivity index (χ4v) is 4.63. The van der Waals surface area contributed by atoms with Gasteiger partial charge in [0.25, 0.3) is 0 Å². The number of nitrogens with one attached hydrogen (secondary N) is 1. The number of hydrogen-bond acceptors (Lipinski definition) is 5. The van der Waals surface area contributed by atoms with Crippen LogP contribution < -0.4 is 4.72 Å². The van der Waals surface area contributed by atoms with Gasteiger partial charge in [0.15, 0.2) is 0 Å². The summed E-state index contributed by atoms with van der Waals surface area (Å²) in [5.41, 5.74) is 0.818. The Labute approximate surface area is 146 Å². The van der Waals surface area contributed by atoms with Gasteiger partial charge in [0.2, 0.25) is 10.0 Å². The molecule has 0 spiro atoms. The van der Waals surface area contributed by atoms with Gasteiger partial charge < -0.3 is 5.11 Å². The largest absolute Gasteiger partial charge is 0.393 e. The van der Waals surface area contributed by atoms with E-state index < -0.39 is 10.0 Å². The molecule has 6 nitrogen and oxygen atoms in total. The lowest BCUT2D eigenvalue weighted by molar-refractivity contribution is 0.0280. The number of rotatable bonds is 6. The Morgan fingerprint density at radius 2 is 2.00 bits per heavy atom. The number of thioether (sulfide) groups is 1. The van der Waals surface area contributed by atoms with Crippen molar-refractivity contribution in [2.45, 2.75) is 34.8 Å². The first-order valence-corrected chi connectivity index (χ1v) is 10.4. The van der Waals surface area contributed by atoms with Gasteiger partial charge in [-0.1, -0.05) is 0 Å². The predicted molar refractivity (Wildman–Crippen MR) is 93.2 cm³/mol. The zero-order chi connectivity index (χ0) is 17.3. The zero-order valence-corrected chi connectivity index (χ0v) is 15.2. The lowest BCUT2D eigenvalue weighted by Crippen LogP contribution is -2.41. The standard InChI is InChI=1S/C16H21N3O3S2/c1-19-10-12(9-17-19)16(11-7-13(20)8-11)18-24(21,22)15-5-3-14(23-2)4-6-15/h3-6,9-11,13,16,18,20H,7-8H2,1-2H3/t11?,13?,16-/m0/s1. The minimum Gasteiger partial charge on any atom is -0.393 e. The van der Waals surface area contributed by atoms with Gasteiger partial charge in [0, 0.05) is 23.7 Å². The molecule has 0 bridgehead atoms. The van der Waals surface area contributed by atoms with Crippen molar-refractivity contribution in [1.29, 1.82) is 0 Å². The molecule has 1 atom stereocenters. The van der Waals surface area contributed by atoms with Crippen LogP contribution in [0.25, 0.3) is 0 Å². The number of aliphatic hydroxyl groups is 1. The summed E-state index contributed by atoms with van der Waals surface area (Å²) >= 11 is 1.57. The monoisotopic (exact) mass is 367 g/mol. The van der Waals surface area contributed by atoms with Crippen molar-refractivity contribution in [3.8, 4) is 0 Å². The number of hydrogen-bond donors (Lipinski definition) is 2. The van der Waals surface area contributed by atoms with Crippen LogP contribution >= 0.6 is 11.8 Å². The van der Waals surface area contributed by atoms with Crippen molar-refractivity contribution in [3.63, 3.8) is 0 Å². The van der Waals surface area contributed by atoms with Crippen molar-refractivity contribution in [2.24, 2.45) is 13.0 Å². The summed E-state index contributed by atoms with van der Waals surface area (Å²) in [5.74, 6) is 0.0736. The molecule has 1 aliphatic carbocycles. The summed E-state index contributed by atoms with van der Waals surface area (Å²) in [6.45, 7) is 0. The molecule has 2 N–H and O–H groups in total. The molecule has 2 aromatic rings. The fraction of sp³-hybridized carbons (Fsp3) is 0.438. The average Bonchev–Trinajstić information content (AvgIpc) is 2.96. The number of nitrogens with zero attached hydrogens (tertiary/aromatic N) is 2. The quantitative estimate of drug-likeness (QED) is 0.762. The molecule has 1 aromatic heterocycles. The first kappa shape index (κ1) is 17.5. The van der Waals surface area contributed by atoms with Gasteiger partial charge >= 0.3 is 0 Å². The molecule has 1 aromatic carbocycles. The summed E-state index contributed by atoms with van der Waals surface area (Å²) < 4.78 is 29.9. The third kappa shape index (κ3) is 3.66. The van der Waals surface area contributed by atoms with E-state index in [1.165, 1.54) is 0 Å². The SMILES string of the molecule is CSc1ccc(S(=O)(=O)N[C@H](c2cnn(C)c2)C2CC(O)C2)cc1. The summed E-state index contributed by atoms with van der Waals surface area (Å²) in [6, 6.07) is 6.44. The molecular formula is C16H21N3O3S2. The molecule has 0 unspecified atom stereocenters. The number of aliphatic hydroxyl groups excluding tert-OH is 1. The second-order valence-corrected chi connectivity index (χ2v) is 8.70. The second kappa shape index (κ2) is 6.87. The van der Waals surface area contributed by atoms with Crippen LogP contribution in [0.1, 0.15) is 24.4 Å². The fourth-order valence-electron chi connectivity index (χ4n) is 2.93. The van der Waals surface area contributed by atoms with Crippen LogP contribution in [0.4, 0.5) is 0 Å². The highest BCUT2D eigenvalue weighted by Gasteiger charge is 2.37. The van der Waals surface area contributed by atoms with E-state index in [2.05, 4.69) is 9.82 Å². The van der Waals surface area contributed by atoms with Crippen molar-refractivity contribution >= 4 is 21.8 Å². The summed E-state index contributed by atoms with van der Waals surface area (Å²) in [6.07, 6.45) is 6.27. The maximum Gasteiger partial charge on any atom is 0.241 e. The van der Waals surface area contributed by atoms with Crippen molar-refractivity contribution in [2.75, 3.05) is 6.26 Å². The maximum atomic E-state index is 12.7. The van der Waals surface area contributed by atoms with E-state index in [1.807, 2.05) is 12.5 Å². The van der Waals surface area contributed by atoms with Crippen molar-refractivity contribution < 1.29 is 13.5 Å². The molecular weight excluding hydrogens is 346 g/mol. The number of aromatic nitrogens is 2. The molecule has 0 aliphatic heterocycles. The Hall–Kier alpha value is -1.35. The van der Waals surface area contributed by atoms with E-state index in [0.717, 1.165) is 10.5 Å². The van der Waals surface area contributed by atoms with Crippen LogP contribution in [0.5, 0.6) is 0 Å². The highest BCUT2D eigenvalue weighted by molar-refractivity contribution is 7.98. The first-order valence-electron chi connectivity index (χ1n) is 7.72. The van der Waals surface area contributed by atoms with Gasteiger partial charge in [-0.05, 0) is 49.3 Å². The average molecular weight is 367 g/mol. The molecule has 24 heavy (non-hydrogen) atoms. The third-order valence-electron chi connectivity index (χ3n) is 4.36. The number of benzene rings is 1. The minimum absolute atomic E-state index is 0.0736. The molecule has 1 saturated carbocycles. The maximum absolute atomic E-state index is 12.7. The Balaban J connectivity index is 1.85. The first-order chi connectivity index (χ1) is 11.4. The highest BCUT2D eigenvalue weighted by atomic mass is 32.2. The van der Waals surface area contributed by atoms with Gasteiger partial charge in [0.1, 0.15) is 0 Å². The number of aryl methyl sites for hydroxylation is 1. The van der Waals surface area contributed by atoms with E-state index in [-0.39, 0.29) is 23.0 Å². The van der Waals surface area contributed by atoms with Crippen LogP contribution in [0.15, 0.2) is 46.5 Å². The van der Waals surface area contributed by atoms with Crippen LogP contribution in [0.2, 0.25) is 0 Å². The lowest BCUT2D eigenvalue weighted by Gasteiger charge is -2.37. The number of sulfonamides is 1. The molecule has 0 amide bonds. The minimum atomic E-state index is -3.64. The lowest BCUT2D eigenvalue weighted by atomic mass is 9.76. The van der Waals surface area contributed by atoms with E-state index in [0.29, 0.717) is 12.8 Å². The Morgan fingerprint density at radius 3 is 2.50 bits per heavy atom. The van der Waals surface area contributed by atoms with Gasteiger partial charge in [-0.25, -0.2) is 13.1 Å². The van der Waals surface area contributed by atoms with Gasteiger partial charge in [-0.2, -0.15) is 5.10 Å². The topological polar surface area (TPSA) is 84.2 Å². The van der Waals surface area contributed by atoms with E-state index >= 15 is 0 Å². The molecule has 0 radical (unpaired) electrons. The molecule has 1 heterocycles. The van der Waals surface area contributed by atoms with Gasteiger partial charge in [-0.3, -0.25) is 4.68 Å². The van der Waals surface area contributed by atoms with Crippen LogP contribution in [-0.4, -0.2) is 35.7 Å². The van der Waals surface area contributed by atoms with E-state index in [4.69, 9.17) is 0 Å².